The van der Waals surface area contributed by atoms with Crippen LogP contribution in [0.2, 0.25) is 0 Å². The molecule has 1 heterocycles. The summed E-state index contributed by atoms with van der Waals surface area (Å²) in [4.78, 5) is 12.4. The maximum absolute atomic E-state index is 12.4. The van der Waals surface area contributed by atoms with Crippen molar-refractivity contribution in [1.82, 2.24) is 19.8 Å². The van der Waals surface area contributed by atoms with Gasteiger partial charge in [-0.05, 0) is 53.6 Å². The van der Waals surface area contributed by atoms with Crippen molar-refractivity contribution in [1.29, 1.82) is 0 Å². The van der Waals surface area contributed by atoms with Crippen molar-refractivity contribution >= 4 is 5.69 Å². The average molecular weight is 295 g/mol. The van der Waals surface area contributed by atoms with Crippen LogP contribution in [0.4, 0.5) is 5.69 Å². The zero-order valence-corrected chi connectivity index (χ0v) is 12.5. The molecular formula is C16H17N5O. The Bertz CT molecular complexity index is 861. The number of aromatic nitrogens is 4. The molecule has 6 nitrogen and oxygen atoms in total. The Balaban J connectivity index is 1.92. The molecule has 2 N–H and O–H groups in total. The smallest absolute Gasteiger partial charge is 0.368 e. The third kappa shape index (κ3) is 2.63. The highest BCUT2D eigenvalue weighted by Gasteiger charge is 2.09. The van der Waals surface area contributed by atoms with Crippen LogP contribution in [-0.4, -0.2) is 19.8 Å². The summed E-state index contributed by atoms with van der Waals surface area (Å²) < 4.78 is 2.63. The van der Waals surface area contributed by atoms with Crippen molar-refractivity contribution in [3.8, 4) is 5.69 Å². The molecule has 0 spiro atoms. The molecule has 0 radical (unpaired) electrons. The summed E-state index contributed by atoms with van der Waals surface area (Å²) in [6.07, 6.45) is 0. The Hall–Kier alpha value is -2.89. The fraction of sp³-hybridized carbons (Fsp3) is 0.188. The monoisotopic (exact) mass is 295 g/mol. The largest absolute Gasteiger partial charge is 0.399 e. The third-order valence-corrected chi connectivity index (χ3v) is 3.58. The van der Waals surface area contributed by atoms with Crippen LogP contribution >= 0.6 is 0 Å². The highest BCUT2D eigenvalue weighted by Crippen LogP contribution is 2.13. The lowest BCUT2D eigenvalue weighted by atomic mass is 10.1. The highest BCUT2D eigenvalue weighted by molar-refractivity contribution is 5.47. The molecule has 0 fully saturated rings. The molecule has 1 aromatic heterocycles. The van der Waals surface area contributed by atoms with Gasteiger partial charge in [0.15, 0.2) is 0 Å². The summed E-state index contributed by atoms with van der Waals surface area (Å²) in [5.74, 6) is 0. The van der Waals surface area contributed by atoms with Crippen LogP contribution in [0.5, 0.6) is 0 Å². The second kappa shape index (κ2) is 5.48. The third-order valence-electron chi connectivity index (χ3n) is 3.58. The number of benzene rings is 2. The van der Waals surface area contributed by atoms with Gasteiger partial charge in [0.1, 0.15) is 0 Å². The standard InChI is InChI=1S/C16H17N5O/c1-11-3-6-14(7-4-11)21-16(22)20(18-19-21)10-13-5-8-15(17)12(2)9-13/h3-9H,10,17H2,1-2H3. The molecule has 2 aromatic carbocycles. The number of nitrogens with two attached hydrogens (primary N) is 1. The summed E-state index contributed by atoms with van der Waals surface area (Å²) in [6, 6.07) is 13.2. The Labute approximate surface area is 127 Å². The maximum atomic E-state index is 12.4. The molecule has 112 valence electrons. The first-order chi connectivity index (χ1) is 10.5. The lowest BCUT2D eigenvalue weighted by molar-refractivity contribution is 0.631. The SMILES string of the molecule is Cc1ccc(-n2nnn(Cc3ccc(N)c(C)c3)c2=O)cc1. The topological polar surface area (TPSA) is 78.7 Å². The Morgan fingerprint density at radius 2 is 1.77 bits per heavy atom. The predicted molar refractivity (Wildman–Crippen MR) is 85.0 cm³/mol. The van der Waals surface area contributed by atoms with Crippen LogP contribution in [0.25, 0.3) is 5.69 Å². The molecule has 0 atom stereocenters. The number of aryl methyl sites for hydroxylation is 2. The van der Waals surface area contributed by atoms with Gasteiger partial charge in [0, 0.05) is 5.69 Å². The lowest BCUT2D eigenvalue weighted by Gasteiger charge is -2.04. The van der Waals surface area contributed by atoms with Crippen molar-refractivity contribution < 1.29 is 0 Å². The summed E-state index contributed by atoms with van der Waals surface area (Å²) >= 11 is 0. The molecule has 0 aliphatic carbocycles. The zero-order valence-electron chi connectivity index (χ0n) is 12.5. The maximum Gasteiger partial charge on any atom is 0.368 e. The summed E-state index contributed by atoms with van der Waals surface area (Å²) in [5, 5.41) is 7.89. The van der Waals surface area contributed by atoms with Gasteiger partial charge >= 0.3 is 5.69 Å². The fourth-order valence-corrected chi connectivity index (χ4v) is 2.23. The number of anilines is 1. The van der Waals surface area contributed by atoms with E-state index in [2.05, 4.69) is 10.4 Å². The lowest BCUT2D eigenvalue weighted by Crippen LogP contribution is -2.24. The van der Waals surface area contributed by atoms with Crippen molar-refractivity contribution in [3.63, 3.8) is 0 Å². The van der Waals surface area contributed by atoms with Gasteiger partial charge in [0.2, 0.25) is 0 Å². The van der Waals surface area contributed by atoms with E-state index in [-0.39, 0.29) is 5.69 Å². The molecule has 6 heteroatoms. The molecule has 0 unspecified atom stereocenters. The number of hydrogen-bond donors (Lipinski definition) is 1. The van der Waals surface area contributed by atoms with Gasteiger partial charge in [-0.2, -0.15) is 9.36 Å². The van der Waals surface area contributed by atoms with Crippen molar-refractivity contribution in [2.75, 3.05) is 5.73 Å². The minimum absolute atomic E-state index is 0.265. The molecule has 0 saturated carbocycles. The quantitative estimate of drug-likeness (QED) is 0.746. The Morgan fingerprint density at radius 3 is 2.45 bits per heavy atom. The Kier molecular flexibility index (Phi) is 3.50. The van der Waals surface area contributed by atoms with Gasteiger partial charge in [-0.15, -0.1) is 0 Å². The number of tetrazole rings is 1. The summed E-state index contributed by atoms with van der Waals surface area (Å²) in [6.45, 7) is 4.30. The van der Waals surface area contributed by atoms with Crippen molar-refractivity contribution in [3.05, 3.63) is 69.6 Å². The van der Waals surface area contributed by atoms with Crippen LogP contribution in [0, 0.1) is 13.8 Å². The first kappa shape index (κ1) is 14.1. The highest BCUT2D eigenvalue weighted by atomic mass is 16.2. The van der Waals surface area contributed by atoms with E-state index < -0.39 is 0 Å². The number of hydrogen-bond acceptors (Lipinski definition) is 4. The van der Waals surface area contributed by atoms with E-state index in [0.29, 0.717) is 12.2 Å². The van der Waals surface area contributed by atoms with Crippen LogP contribution in [-0.2, 0) is 6.54 Å². The van der Waals surface area contributed by atoms with E-state index in [4.69, 9.17) is 5.73 Å². The van der Waals surface area contributed by atoms with Crippen molar-refractivity contribution in [2.45, 2.75) is 20.4 Å². The molecule has 0 aliphatic heterocycles. The fourth-order valence-electron chi connectivity index (χ4n) is 2.23. The van der Waals surface area contributed by atoms with Gasteiger partial charge in [0.05, 0.1) is 12.2 Å². The molecule has 0 aliphatic rings. The van der Waals surface area contributed by atoms with E-state index >= 15 is 0 Å². The molecule has 3 aromatic rings. The predicted octanol–water partition coefficient (Wildman–Crippen LogP) is 1.68. The first-order valence-electron chi connectivity index (χ1n) is 6.99. The van der Waals surface area contributed by atoms with E-state index in [1.165, 1.54) is 9.36 Å². The molecule has 3 rings (SSSR count). The van der Waals surface area contributed by atoms with Gasteiger partial charge in [-0.25, -0.2) is 4.79 Å². The molecular weight excluding hydrogens is 278 g/mol. The number of nitrogens with zero attached hydrogens (tertiary/aromatic N) is 4. The normalized spacial score (nSPS) is 10.8. The second-order valence-corrected chi connectivity index (χ2v) is 5.36. The van der Waals surface area contributed by atoms with Gasteiger partial charge in [-0.3, -0.25) is 0 Å². The van der Waals surface area contributed by atoms with Crippen LogP contribution in [0.1, 0.15) is 16.7 Å². The zero-order chi connectivity index (χ0) is 15.7. The number of rotatable bonds is 3. The average Bonchev–Trinajstić information content (AvgIpc) is 2.85. The van der Waals surface area contributed by atoms with E-state index in [0.717, 1.165) is 22.4 Å². The number of nitrogen functional groups attached to an aromatic ring is 1. The first-order valence-corrected chi connectivity index (χ1v) is 6.99. The minimum Gasteiger partial charge on any atom is -0.399 e. The van der Waals surface area contributed by atoms with E-state index in [9.17, 15) is 4.79 Å². The summed E-state index contributed by atoms with van der Waals surface area (Å²) in [5.41, 5.74) is 10.0. The minimum atomic E-state index is -0.265. The van der Waals surface area contributed by atoms with Crippen molar-refractivity contribution in [2.24, 2.45) is 0 Å². The molecule has 0 amide bonds. The summed E-state index contributed by atoms with van der Waals surface area (Å²) in [7, 11) is 0. The second-order valence-electron chi connectivity index (χ2n) is 5.36. The van der Waals surface area contributed by atoms with Gasteiger partial charge in [-0.1, -0.05) is 29.8 Å². The molecule has 0 bridgehead atoms. The van der Waals surface area contributed by atoms with E-state index in [1.54, 1.807) is 0 Å². The molecule has 22 heavy (non-hydrogen) atoms. The van der Waals surface area contributed by atoms with E-state index in [1.807, 2.05) is 56.3 Å². The van der Waals surface area contributed by atoms with Crippen LogP contribution in [0.3, 0.4) is 0 Å². The molecule has 0 saturated heterocycles. The van der Waals surface area contributed by atoms with Crippen LogP contribution < -0.4 is 11.4 Å². The Morgan fingerprint density at radius 1 is 1.05 bits per heavy atom. The van der Waals surface area contributed by atoms with Gasteiger partial charge < -0.3 is 5.73 Å². The van der Waals surface area contributed by atoms with Crippen LogP contribution in [0.15, 0.2) is 47.3 Å². The van der Waals surface area contributed by atoms with Gasteiger partial charge in [0.25, 0.3) is 0 Å².